The van der Waals surface area contributed by atoms with E-state index in [1.165, 1.54) is 51.0 Å². The maximum atomic E-state index is 4.19. The summed E-state index contributed by atoms with van der Waals surface area (Å²) in [7, 11) is 0. The molecule has 0 amide bonds. The van der Waals surface area contributed by atoms with Gasteiger partial charge >= 0.3 is 0 Å². The lowest BCUT2D eigenvalue weighted by atomic mass is 10.1. The van der Waals surface area contributed by atoms with Crippen LogP contribution >= 0.6 is 0 Å². The fourth-order valence-electron chi connectivity index (χ4n) is 3.01. The Morgan fingerprint density at radius 1 is 1.35 bits per heavy atom. The van der Waals surface area contributed by atoms with Gasteiger partial charge in [-0.3, -0.25) is 9.80 Å². The molecule has 0 radical (unpaired) electrons. The number of piperazine rings is 1. The minimum absolute atomic E-state index is 0.833. The Hall–Kier alpha value is -0.380. The van der Waals surface area contributed by atoms with Crippen molar-refractivity contribution >= 4 is 0 Å². The highest BCUT2D eigenvalue weighted by Crippen LogP contribution is 2.21. The van der Waals surface area contributed by atoms with E-state index in [1.54, 1.807) is 0 Å². The molecule has 2 saturated heterocycles. The number of fused-ring (bicyclic) bond motifs is 1. The Labute approximate surface area is 106 Å². The lowest BCUT2D eigenvalue weighted by Gasteiger charge is -2.37. The van der Waals surface area contributed by atoms with Crippen LogP contribution in [-0.2, 0) is 0 Å². The second kappa shape index (κ2) is 6.53. The van der Waals surface area contributed by atoms with Crippen molar-refractivity contribution in [3.05, 3.63) is 12.2 Å². The maximum absolute atomic E-state index is 4.19. The van der Waals surface area contributed by atoms with E-state index in [-0.39, 0.29) is 0 Å². The average molecular weight is 237 g/mol. The van der Waals surface area contributed by atoms with Crippen molar-refractivity contribution in [1.82, 2.24) is 15.1 Å². The highest BCUT2D eigenvalue weighted by atomic mass is 15.3. The zero-order valence-corrected chi connectivity index (χ0v) is 11.2. The van der Waals surface area contributed by atoms with Crippen molar-refractivity contribution < 1.29 is 0 Å². The molecule has 2 aliphatic heterocycles. The molecule has 2 aliphatic rings. The van der Waals surface area contributed by atoms with Crippen LogP contribution in [0, 0.1) is 0 Å². The summed E-state index contributed by atoms with van der Waals surface area (Å²) in [5.41, 5.74) is 1.34. The standard InChI is InChI=1S/C14H27N3/c1-3-6-15-10-13(2)11-16-8-9-17-7-4-5-14(17)12-16/h14-15H,2-12H2,1H3. The molecule has 0 saturated carbocycles. The Kier molecular flexibility index (Phi) is 5.01. The number of nitrogens with one attached hydrogen (secondary N) is 1. The van der Waals surface area contributed by atoms with E-state index in [2.05, 4.69) is 28.6 Å². The van der Waals surface area contributed by atoms with E-state index in [4.69, 9.17) is 0 Å². The van der Waals surface area contributed by atoms with Crippen molar-refractivity contribution in [2.24, 2.45) is 0 Å². The van der Waals surface area contributed by atoms with Crippen LogP contribution in [-0.4, -0.2) is 61.7 Å². The Morgan fingerprint density at radius 3 is 3.06 bits per heavy atom. The minimum atomic E-state index is 0.833. The third kappa shape index (κ3) is 3.80. The molecule has 2 rings (SSSR count). The second-order valence-corrected chi connectivity index (χ2v) is 5.49. The van der Waals surface area contributed by atoms with Gasteiger partial charge in [0.1, 0.15) is 0 Å². The first kappa shape index (κ1) is 13.1. The van der Waals surface area contributed by atoms with Crippen LogP contribution in [0.3, 0.4) is 0 Å². The average Bonchev–Trinajstić information content (AvgIpc) is 2.76. The molecule has 17 heavy (non-hydrogen) atoms. The van der Waals surface area contributed by atoms with Crippen molar-refractivity contribution in [2.45, 2.75) is 32.2 Å². The molecule has 0 bridgehead atoms. The largest absolute Gasteiger partial charge is 0.313 e. The van der Waals surface area contributed by atoms with Gasteiger partial charge in [-0.2, -0.15) is 0 Å². The number of rotatable bonds is 6. The molecule has 3 heteroatoms. The quantitative estimate of drug-likeness (QED) is 0.555. The van der Waals surface area contributed by atoms with Gasteiger partial charge in [0.25, 0.3) is 0 Å². The summed E-state index contributed by atoms with van der Waals surface area (Å²) in [6, 6.07) is 0.833. The molecular weight excluding hydrogens is 210 g/mol. The monoisotopic (exact) mass is 237 g/mol. The van der Waals surface area contributed by atoms with Gasteiger partial charge in [0.15, 0.2) is 0 Å². The topological polar surface area (TPSA) is 18.5 Å². The van der Waals surface area contributed by atoms with Gasteiger partial charge in [-0.1, -0.05) is 13.5 Å². The molecule has 3 nitrogen and oxygen atoms in total. The molecule has 0 aromatic rings. The van der Waals surface area contributed by atoms with Crippen molar-refractivity contribution in [3.8, 4) is 0 Å². The van der Waals surface area contributed by atoms with Gasteiger partial charge in [-0.25, -0.2) is 0 Å². The molecule has 2 fully saturated rings. The molecule has 0 spiro atoms. The van der Waals surface area contributed by atoms with Crippen LogP contribution in [0.15, 0.2) is 12.2 Å². The van der Waals surface area contributed by atoms with Crippen LogP contribution in [0.25, 0.3) is 0 Å². The van der Waals surface area contributed by atoms with E-state index >= 15 is 0 Å². The normalized spacial score (nSPS) is 26.1. The van der Waals surface area contributed by atoms with E-state index in [1.807, 2.05) is 0 Å². The van der Waals surface area contributed by atoms with Gasteiger partial charge in [-0.15, -0.1) is 0 Å². The predicted octanol–water partition coefficient (Wildman–Crippen LogP) is 1.32. The zero-order valence-electron chi connectivity index (χ0n) is 11.2. The third-order valence-electron chi connectivity index (χ3n) is 3.92. The molecule has 0 aromatic heterocycles. The van der Waals surface area contributed by atoms with Gasteiger partial charge in [0.2, 0.25) is 0 Å². The van der Waals surface area contributed by atoms with Gasteiger partial charge < -0.3 is 5.32 Å². The first-order chi connectivity index (χ1) is 8.29. The highest BCUT2D eigenvalue weighted by Gasteiger charge is 2.30. The fourth-order valence-corrected chi connectivity index (χ4v) is 3.01. The number of hydrogen-bond acceptors (Lipinski definition) is 3. The summed E-state index contributed by atoms with van der Waals surface area (Å²) < 4.78 is 0. The summed E-state index contributed by atoms with van der Waals surface area (Å²) in [5.74, 6) is 0. The zero-order chi connectivity index (χ0) is 12.1. The van der Waals surface area contributed by atoms with E-state index < -0.39 is 0 Å². The fraction of sp³-hybridized carbons (Fsp3) is 0.857. The second-order valence-electron chi connectivity index (χ2n) is 5.49. The van der Waals surface area contributed by atoms with Gasteiger partial charge in [0.05, 0.1) is 0 Å². The maximum Gasteiger partial charge on any atom is 0.0224 e. The molecule has 1 unspecified atom stereocenters. The first-order valence-electron chi connectivity index (χ1n) is 7.13. The summed E-state index contributed by atoms with van der Waals surface area (Å²) in [5, 5.41) is 3.43. The predicted molar refractivity (Wildman–Crippen MR) is 73.3 cm³/mol. The summed E-state index contributed by atoms with van der Waals surface area (Å²) >= 11 is 0. The summed E-state index contributed by atoms with van der Waals surface area (Å²) in [4.78, 5) is 5.25. The number of hydrogen-bond donors (Lipinski definition) is 1. The van der Waals surface area contributed by atoms with Gasteiger partial charge in [-0.05, 0) is 37.9 Å². The Morgan fingerprint density at radius 2 is 2.24 bits per heavy atom. The smallest absolute Gasteiger partial charge is 0.0224 e. The molecule has 1 atom stereocenters. The minimum Gasteiger partial charge on any atom is -0.313 e. The van der Waals surface area contributed by atoms with Crippen LogP contribution in [0.5, 0.6) is 0 Å². The van der Waals surface area contributed by atoms with Crippen molar-refractivity contribution in [1.29, 1.82) is 0 Å². The summed E-state index contributed by atoms with van der Waals surface area (Å²) in [6.07, 6.45) is 4.00. The van der Waals surface area contributed by atoms with E-state index in [0.717, 1.165) is 25.7 Å². The Balaban J connectivity index is 1.67. The van der Waals surface area contributed by atoms with Crippen LogP contribution in [0.4, 0.5) is 0 Å². The van der Waals surface area contributed by atoms with E-state index in [9.17, 15) is 0 Å². The molecule has 0 aromatic carbocycles. The molecule has 1 N–H and O–H groups in total. The van der Waals surface area contributed by atoms with E-state index in [0.29, 0.717) is 0 Å². The first-order valence-corrected chi connectivity index (χ1v) is 7.13. The highest BCUT2D eigenvalue weighted by molar-refractivity contribution is 5.01. The summed E-state index contributed by atoms with van der Waals surface area (Å²) in [6.45, 7) is 14.6. The molecule has 98 valence electrons. The third-order valence-corrected chi connectivity index (χ3v) is 3.92. The number of nitrogens with zero attached hydrogens (tertiary/aromatic N) is 2. The van der Waals surface area contributed by atoms with Crippen molar-refractivity contribution in [2.75, 3.05) is 45.8 Å². The Bertz CT molecular complexity index is 252. The van der Waals surface area contributed by atoms with Crippen LogP contribution in [0.2, 0.25) is 0 Å². The van der Waals surface area contributed by atoms with Gasteiger partial charge in [0, 0.05) is 38.8 Å². The van der Waals surface area contributed by atoms with Crippen LogP contribution in [0.1, 0.15) is 26.2 Å². The molecule has 0 aliphatic carbocycles. The lowest BCUT2D eigenvalue weighted by molar-refractivity contribution is 0.111. The van der Waals surface area contributed by atoms with Crippen molar-refractivity contribution in [3.63, 3.8) is 0 Å². The SMILES string of the molecule is C=C(CNCCC)CN1CCN2CCCC2C1. The van der Waals surface area contributed by atoms with Crippen LogP contribution < -0.4 is 5.32 Å². The lowest BCUT2D eigenvalue weighted by Crippen LogP contribution is -2.50. The molecule has 2 heterocycles. The molecular formula is C14H27N3.